The average molecular weight is 776 g/mol. The lowest BCUT2D eigenvalue weighted by atomic mass is 10.0. The molecule has 0 spiro atoms. The maximum atomic E-state index is 4.74. The highest BCUT2D eigenvalue weighted by atomic mass is 32.2. The van der Waals surface area contributed by atoms with Crippen molar-refractivity contribution in [3.8, 4) is 33.4 Å². The van der Waals surface area contributed by atoms with Crippen molar-refractivity contribution in [2.45, 2.75) is 0 Å². The molecule has 0 N–H and O–H groups in total. The van der Waals surface area contributed by atoms with Crippen LogP contribution in [0.5, 0.6) is 0 Å². The summed E-state index contributed by atoms with van der Waals surface area (Å²) in [7, 11) is 0. The van der Waals surface area contributed by atoms with Crippen LogP contribution in [0.15, 0.2) is 253 Å². The van der Waals surface area contributed by atoms with Crippen molar-refractivity contribution in [2.75, 3.05) is 9.80 Å². The number of thioether (sulfide) groups is 1. The second kappa shape index (κ2) is 17.4. The van der Waals surface area contributed by atoms with Crippen LogP contribution >= 0.6 is 11.8 Å². The summed E-state index contributed by atoms with van der Waals surface area (Å²) in [5.41, 5.74) is 15.4. The lowest BCUT2D eigenvalue weighted by molar-refractivity contribution is 1.28. The van der Waals surface area contributed by atoms with Gasteiger partial charge in [0.25, 0.3) is 0 Å². The number of aliphatic imine (C=N–C) groups is 1. The Kier molecular flexibility index (Phi) is 11.0. The number of rotatable bonds is 10. The fourth-order valence-corrected chi connectivity index (χ4v) is 8.08. The van der Waals surface area contributed by atoms with Crippen LogP contribution in [0, 0.1) is 0 Å². The quantitative estimate of drug-likeness (QED) is 0.138. The van der Waals surface area contributed by atoms with Gasteiger partial charge in [0.05, 0.1) is 5.70 Å². The molecule has 8 aromatic rings. The van der Waals surface area contributed by atoms with Crippen molar-refractivity contribution in [1.82, 2.24) is 0 Å². The summed E-state index contributed by atoms with van der Waals surface area (Å²) in [6.45, 7) is 4.07. The molecule has 0 unspecified atom stereocenters. The van der Waals surface area contributed by atoms with Gasteiger partial charge < -0.3 is 9.80 Å². The highest BCUT2D eigenvalue weighted by molar-refractivity contribution is 8.16. The molecule has 0 aromatic heterocycles. The van der Waals surface area contributed by atoms with E-state index in [1.165, 1.54) is 22.3 Å². The molecular weight excluding hydrogens is 735 g/mol. The van der Waals surface area contributed by atoms with Crippen LogP contribution in [0.3, 0.4) is 0 Å². The lowest BCUT2D eigenvalue weighted by Crippen LogP contribution is -2.10. The van der Waals surface area contributed by atoms with E-state index in [1.54, 1.807) is 11.8 Å². The summed E-state index contributed by atoms with van der Waals surface area (Å²) >= 11 is 1.60. The van der Waals surface area contributed by atoms with Gasteiger partial charge in [0.1, 0.15) is 5.04 Å². The normalized spacial score (nSPS) is 13.4. The zero-order valence-corrected chi connectivity index (χ0v) is 33.3. The molecule has 0 bridgehead atoms. The largest absolute Gasteiger partial charge is 0.311 e. The van der Waals surface area contributed by atoms with E-state index in [0.29, 0.717) is 0 Å². The van der Waals surface area contributed by atoms with E-state index in [1.807, 2.05) is 23.6 Å². The summed E-state index contributed by atoms with van der Waals surface area (Å²) in [4.78, 5) is 9.35. The molecule has 9 rings (SSSR count). The molecule has 0 amide bonds. The van der Waals surface area contributed by atoms with Crippen LogP contribution in [0.1, 0.15) is 5.56 Å². The van der Waals surface area contributed by atoms with Crippen LogP contribution < -0.4 is 9.80 Å². The summed E-state index contributed by atoms with van der Waals surface area (Å²) in [6, 6.07) is 75.5. The van der Waals surface area contributed by atoms with Gasteiger partial charge in [-0.3, -0.25) is 0 Å². The Morgan fingerprint density at radius 3 is 1.00 bits per heavy atom. The second-order valence-corrected chi connectivity index (χ2v) is 15.1. The Hall–Kier alpha value is -7.40. The molecule has 0 atom stereocenters. The monoisotopic (exact) mass is 775 g/mol. The van der Waals surface area contributed by atoms with Crippen molar-refractivity contribution in [2.24, 2.45) is 4.99 Å². The van der Waals surface area contributed by atoms with E-state index >= 15 is 0 Å². The van der Waals surface area contributed by atoms with Crippen molar-refractivity contribution in [3.05, 3.63) is 254 Å². The summed E-state index contributed by atoms with van der Waals surface area (Å²) < 4.78 is 0. The number of anilines is 6. The summed E-state index contributed by atoms with van der Waals surface area (Å²) in [5.74, 6) is 0. The second-order valence-electron chi connectivity index (χ2n) is 14.2. The molecule has 3 nitrogen and oxygen atoms in total. The molecule has 0 fully saturated rings. The standard InChI is InChI=1S/C55H41N3S/c1-41-13-11-12-40-59-55(56-41)48-28-38-54(39-29-48)57(49-18-9-4-10-19-49)50-34-24-46(25-35-50)47-26-36-53(37-27-47)58(51-30-20-44(21-31-51)42-14-5-2-6-15-42)52-32-22-45(23-33-52)43-16-7-3-8-17-43/h2-40H,1H2/b13-11-,40-12-,56-55?. The molecule has 1 aliphatic heterocycles. The Balaban J connectivity index is 1.00. The minimum Gasteiger partial charge on any atom is -0.311 e. The van der Waals surface area contributed by atoms with E-state index < -0.39 is 0 Å². The smallest absolute Gasteiger partial charge is 0.108 e. The number of para-hydroxylation sites is 1. The van der Waals surface area contributed by atoms with Crippen molar-refractivity contribution in [3.63, 3.8) is 0 Å². The zero-order chi connectivity index (χ0) is 39.8. The lowest BCUT2D eigenvalue weighted by Gasteiger charge is -2.26. The van der Waals surface area contributed by atoms with Gasteiger partial charge in [0.15, 0.2) is 0 Å². The topological polar surface area (TPSA) is 18.8 Å². The fourth-order valence-electron chi connectivity index (χ4n) is 7.34. The van der Waals surface area contributed by atoms with Gasteiger partial charge in [0.2, 0.25) is 0 Å². The summed E-state index contributed by atoms with van der Waals surface area (Å²) in [6.07, 6.45) is 5.90. The summed E-state index contributed by atoms with van der Waals surface area (Å²) in [5, 5.41) is 2.97. The highest BCUT2D eigenvalue weighted by Crippen LogP contribution is 2.39. The van der Waals surface area contributed by atoms with Gasteiger partial charge in [-0.25, -0.2) is 4.99 Å². The van der Waals surface area contributed by atoms with Gasteiger partial charge >= 0.3 is 0 Å². The number of hydrogen-bond donors (Lipinski definition) is 0. The van der Waals surface area contributed by atoms with Gasteiger partial charge in [-0.2, -0.15) is 0 Å². The Bertz CT molecular complexity index is 2660. The molecule has 4 heteroatoms. The molecule has 59 heavy (non-hydrogen) atoms. The average Bonchev–Trinajstić information content (AvgIpc) is 3.30. The maximum absolute atomic E-state index is 4.74. The number of nitrogens with zero attached hydrogens (tertiary/aromatic N) is 3. The number of benzene rings is 8. The number of allylic oxidation sites excluding steroid dienone is 3. The van der Waals surface area contributed by atoms with Crippen LogP contribution in [-0.4, -0.2) is 5.04 Å². The molecule has 0 radical (unpaired) electrons. The Morgan fingerprint density at radius 1 is 0.322 bits per heavy atom. The van der Waals surface area contributed by atoms with E-state index in [9.17, 15) is 0 Å². The maximum Gasteiger partial charge on any atom is 0.108 e. The van der Waals surface area contributed by atoms with Crippen LogP contribution in [-0.2, 0) is 0 Å². The molecule has 1 heterocycles. The first-order chi connectivity index (χ1) is 29.2. The first-order valence-corrected chi connectivity index (χ1v) is 20.6. The molecule has 0 saturated carbocycles. The molecule has 0 saturated heterocycles. The Morgan fingerprint density at radius 2 is 0.627 bits per heavy atom. The molecular formula is C55H41N3S. The van der Waals surface area contributed by atoms with Crippen molar-refractivity contribution in [1.29, 1.82) is 0 Å². The van der Waals surface area contributed by atoms with Crippen molar-refractivity contribution >= 4 is 50.9 Å². The highest BCUT2D eigenvalue weighted by Gasteiger charge is 2.16. The van der Waals surface area contributed by atoms with E-state index in [0.717, 1.165) is 61.6 Å². The third-order valence-electron chi connectivity index (χ3n) is 10.3. The predicted molar refractivity (Wildman–Crippen MR) is 254 cm³/mol. The van der Waals surface area contributed by atoms with E-state index in [4.69, 9.17) is 4.99 Å². The van der Waals surface area contributed by atoms with Gasteiger partial charge in [-0.1, -0.05) is 170 Å². The van der Waals surface area contributed by atoms with Crippen LogP contribution in [0.25, 0.3) is 33.4 Å². The SMILES string of the molecule is C=C1/C=C\C=C/SC(c2ccc(N(c3ccccc3)c3ccc(-c4ccc(N(c5ccc(-c6ccccc6)cc5)c5ccc(-c6ccccc6)cc5)cc4)cc3)cc2)=N1. The van der Waals surface area contributed by atoms with Gasteiger partial charge in [-0.05, 0) is 118 Å². The minimum absolute atomic E-state index is 0.738. The molecule has 282 valence electrons. The van der Waals surface area contributed by atoms with Crippen molar-refractivity contribution < 1.29 is 0 Å². The third kappa shape index (κ3) is 8.50. The van der Waals surface area contributed by atoms with Crippen LogP contribution in [0.4, 0.5) is 34.1 Å². The molecule has 0 aliphatic carbocycles. The molecule has 1 aliphatic rings. The predicted octanol–water partition coefficient (Wildman–Crippen LogP) is 15.7. The zero-order valence-electron chi connectivity index (χ0n) is 32.5. The van der Waals surface area contributed by atoms with E-state index in [2.05, 4.69) is 229 Å². The van der Waals surface area contributed by atoms with Gasteiger partial charge in [0, 0.05) is 39.7 Å². The first-order valence-electron chi connectivity index (χ1n) is 19.7. The van der Waals surface area contributed by atoms with Crippen LogP contribution in [0.2, 0.25) is 0 Å². The fraction of sp³-hybridized carbons (Fsp3) is 0. The van der Waals surface area contributed by atoms with Gasteiger partial charge in [-0.15, -0.1) is 0 Å². The first kappa shape index (κ1) is 37.2. The van der Waals surface area contributed by atoms with E-state index in [-0.39, 0.29) is 0 Å². The molecule has 8 aromatic carbocycles. The number of hydrogen-bond acceptors (Lipinski definition) is 4. The third-order valence-corrected chi connectivity index (χ3v) is 11.2. The minimum atomic E-state index is 0.738. The Labute approximate surface area is 351 Å².